The van der Waals surface area contributed by atoms with Gasteiger partial charge in [0.2, 0.25) is 5.91 Å². The molecule has 1 N–H and O–H groups in total. The van der Waals surface area contributed by atoms with Crippen molar-refractivity contribution in [2.24, 2.45) is 0 Å². The third kappa shape index (κ3) is 5.72. The highest BCUT2D eigenvalue weighted by molar-refractivity contribution is 6.30. The molecule has 5 nitrogen and oxygen atoms in total. The van der Waals surface area contributed by atoms with Crippen molar-refractivity contribution in [2.45, 2.75) is 32.7 Å². The van der Waals surface area contributed by atoms with Crippen LogP contribution < -0.4 is 14.8 Å². The highest BCUT2D eigenvalue weighted by Crippen LogP contribution is 2.34. The van der Waals surface area contributed by atoms with Crippen LogP contribution in [0, 0.1) is 0 Å². The molecule has 1 aromatic carbocycles. The minimum Gasteiger partial charge on any atom is -0.493 e. The van der Waals surface area contributed by atoms with Gasteiger partial charge in [-0.2, -0.15) is 0 Å². The zero-order chi connectivity index (χ0) is 16.7. The number of carbonyl (C=O) groups excluding carboxylic acids is 1. The third-order valence-corrected chi connectivity index (χ3v) is 4.09. The van der Waals surface area contributed by atoms with Gasteiger partial charge in [0.1, 0.15) is 0 Å². The predicted octanol–water partition coefficient (Wildman–Crippen LogP) is 3.27. The lowest BCUT2D eigenvalue weighted by Crippen LogP contribution is -2.28. The lowest BCUT2D eigenvalue weighted by Gasteiger charge is -2.17. The number of hydrogen-bond donors (Lipinski definition) is 1. The fourth-order valence-corrected chi connectivity index (χ4v) is 3.00. The summed E-state index contributed by atoms with van der Waals surface area (Å²) in [5.74, 6) is 1.67. The Morgan fingerprint density at radius 2 is 2.17 bits per heavy atom. The Bertz CT molecular complexity index is 541. The van der Waals surface area contributed by atoms with E-state index in [9.17, 15) is 4.79 Å². The fraction of sp³-hybridized carbons (Fsp3) is 0.588. The summed E-state index contributed by atoms with van der Waals surface area (Å²) in [6.45, 7) is 5.73. The molecule has 136 valence electrons. The molecular weight excluding hydrogens is 351 g/mol. The zero-order valence-electron chi connectivity index (χ0n) is 14.3. The van der Waals surface area contributed by atoms with Gasteiger partial charge in [0.25, 0.3) is 0 Å². The Morgan fingerprint density at radius 3 is 2.79 bits per heavy atom. The van der Waals surface area contributed by atoms with Crippen molar-refractivity contribution in [3.63, 3.8) is 0 Å². The molecule has 0 unspecified atom stereocenters. The molecule has 24 heavy (non-hydrogen) atoms. The van der Waals surface area contributed by atoms with Crippen LogP contribution in [0.1, 0.15) is 31.7 Å². The first-order valence-corrected chi connectivity index (χ1v) is 8.51. The summed E-state index contributed by atoms with van der Waals surface area (Å²) in [7, 11) is 1.61. The van der Waals surface area contributed by atoms with Crippen LogP contribution >= 0.6 is 24.0 Å². The van der Waals surface area contributed by atoms with Gasteiger partial charge in [0.15, 0.2) is 11.5 Å². The molecular formula is C17H26Cl2N2O3. The van der Waals surface area contributed by atoms with Crippen LogP contribution in [0.4, 0.5) is 0 Å². The smallest absolute Gasteiger partial charge is 0.222 e. The highest BCUT2D eigenvalue weighted by atomic mass is 35.5. The van der Waals surface area contributed by atoms with Crippen LogP contribution in [0.25, 0.3) is 0 Å². The van der Waals surface area contributed by atoms with E-state index in [1.165, 1.54) is 0 Å². The van der Waals surface area contributed by atoms with Crippen LogP contribution in [0.5, 0.6) is 11.5 Å². The molecule has 1 saturated heterocycles. The van der Waals surface area contributed by atoms with Gasteiger partial charge < -0.3 is 19.7 Å². The molecule has 0 saturated carbocycles. The van der Waals surface area contributed by atoms with E-state index in [-0.39, 0.29) is 18.3 Å². The minimum absolute atomic E-state index is 0. The average Bonchev–Trinajstić information content (AvgIpc) is 2.94. The molecule has 1 aliphatic rings. The Morgan fingerprint density at radius 1 is 1.38 bits per heavy atom. The Hall–Kier alpha value is -1.17. The number of nitrogens with zero attached hydrogens (tertiary/aromatic N) is 1. The number of carbonyl (C=O) groups is 1. The van der Waals surface area contributed by atoms with Crippen molar-refractivity contribution < 1.29 is 14.3 Å². The molecule has 1 fully saturated rings. The SMILES string of the molecule is CCOc1c(CNCCCN2CCCC2=O)cc(Cl)cc1OC.Cl. The maximum atomic E-state index is 11.5. The molecule has 7 heteroatoms. The summed E-state index contributed by atoms with van der Waals surface area (Å²) < 4.78 is 11.0. The second-order valence-electron chi connectivity index (χ2n) is 5.54. The average molecular weight is 377 g/mol. The first kappa shape index (κ1) is 20.9. The quantitative estimate of drug-likeness (QED) is 0.671. The van der Waals surface area contributed by atoms with E-state index in [1.807, 2.05) is 17.9 Å². The van der Waals surface area contributed by atoms with Crippen molar-refractivity contribution in [3.8, 4) is 11.5 Å². The molecule has 0 aliphatic carbocycles. The van der Waals surface area contributed by atoms with Crippen molar-refractivity contribution in [1.82, 2.24) is 10.2 Å². The van der Waals surface area contributed by atoms with E-state index in [2.05, 4.69) is 5.32 Å². The normalized spacial score (nSPS) is 13.8. The maximum Gasteiger partial charge on any atom is 0.222 e. The summed E-state index contributed by atoms with van der Waals surface area (Å²) in [5.41, 5.74) is 0.980. The van der Waals surface area contributed by atoms with Crippen LogP contribution in [-0.4, -0.2) is 44.2 Å². The van der Waals surface area contributed by atoms with Gasteiger partial charge >= 0.3 is 0 Å². The van der Waals surface area contributed by atoms with E-state index < -0.39 is 0 Å². The van der Waals surface area contributed by atoms with Gasteiger partial charge in [-0.3, -0.25) is 4.79 Å². The van der Waals surface area contributed by atoms with E-state index >= 15 is 0 Å². The number of hydrogen-bond acceptors (Lipinski definition) is 4. The predicted molar refractivity (Wildman–Crippen MR) is 98.6 cm³/mol. The molecule has 1 aromatic rings. The molecule has 0 aromatic heterocycles. The molecule has 0 bridgehead atoms. The Labute approximate surface area is 155 Å². The van der Waals surface area contributed by atoms with E-state index in [4.69, 9.17) is 21.1 Å². The van der Waals surface area contributed by atoms with Crippen molar-refractivity contribution >= 4 is 29.9 Å². The van der Waals surface area contributed by atoms with E-state index in [1.54, 1.807) is 13.2 Å². The zero-order valence-corrected chi connectivity index (χ0v) is 15.8. The van der Waals surface area contributed by atoms with Crippen LogP contribution in [0.3, 0.4) is 0 Å². The van der Waals surface area contributed by atoms with Crippen LogP contribution in [0.15, 0.2) is 12.1 Å². The number of methoxy groups -OCH3 is 1. The topological polar surface area (TPSA) is 50.8 Å². The van der Waals surface area contributed by atoms with Gasteiger partial charge in [0, 0.05) is 42.7 Å². The summed E-state index contributed by atoms with van der Waals surface area (Å²) >= 11 is 6.14. The molecule has 1 aliphatic heterocycles. The number of halogens is 2. The number of benzene rings is 1. The van der Waals surface area contributed by atoms with Gasteiger partial charge in [-0.25, -0.2) is 0 Å². The molecule has 0 atom stereocenters. The van der Waals surface area contributed by atoms with Crippen LogP contribution in [-0.2, 0) is 11.3 Å². The standard InChI is InChI=1S/C17H25ClN2O3.ClH/c1-3-23-17-13(10-14(18)11-15(17)22-2)12-19-7-5-9-20-8-4-6-16(20)21;/h10-11,19H,3-9,12H2,1-2H3;1H. The first-order chi connectivity index (χ1) is 11.2. The van der Waals surface area contributed by atoms with Gasteiger partial charge in [-0.05, 0) is 32.4 Å². The lowest BCUT2D eigenvalue weighted by molar-refractivity contribution is -0.127. The van der Waals surface area contributed by atoms with Gasteiger partial charge in [-0.15, -0.1) is 12.4 Å². The fourth-order valence-electron chi connectivity index (χ4n) is 2.77. The maximum absolute atomic E-state index is 11.5. The van der Waals surface area contributed by atoms with Gasteiger partial charge in [0.05, 0.1) is 13.7 Å². The van der Waals surface area contributed by atoms with Crippen molar-refractivity contribution in [3.05, 3.63) is 22.7 Å². The molecule has 2 rings (SSSR count). The highest BCUT2D eigenvalue weighted by Gasteiger charge is 2.19. The summed E-state index contributed by atoms with van der Waals surface area (Å²) in [4.78, 5) is 13.5. The van der Waals surface area contributed by atoms with Crippen LogP contribution in [0.2, 0.25) is 5.02 Å². The first-order valence-electron chi connectivity index (χ1n) is 8.13. The van der Waals surface area contributed by atoms with Gasteiger partial charge in [-0.1, -0.05) is 11.6 Å². The van der Waals surface area contributed by atoms with Crippen molar-refractivity contribution in [2.75, 3.05) is 33.4 Å². The minimum atomic E-state index is 0. The number of ether oxygens (including phenoxy) is 2. The molecule has 0 spiro atoms. The summed E-state index contributed by atoms with van der Waals surface area (Å²) in [5, 5.41) is 4.02. The largest absolute Gasteiger partial charge is 0.493 e. The lowest BCUT2D eigenvalue weighted by atomic mass is 10.1. The summed E-state index contributed by atoms with van der Waals surface area (Å²) in [6, 6.07) is 3.65. The number of amides is 1. The number of rotatable bonds is 9. The van der Waals surface area contributed by atoms with Crippen molar-refractivity contribution in [1.29, 1.82) is 0 Å². The Balaban J connectivity index is 0.00000288. The van der Waals surface area contributed by atoms with E-state index in [0.717, 1.165) is 43.8 Å². The molecule has 1 heterocycles. The molecule has 1 amide bonds. The second kappa shape index (κ2) is 10.6. The Kier molecular flexibility index (Phi) is 9.26. The number of nitrogens with one attached hydrogen (secondary N) is 1. The number of likely N-dealkylation sites (tertiary alicyclic amines) is 1. The monoisotopic (exact) mass is 376 g/mol. The van der Waals surface area contributed by atoms with E-state index in [0.29, 0.717) is 30.3 Å². The third-order valence-electron chi connectivity index (χ3n) is 3.87. The molecule has 0 radical (unpaired) electrons. The summed E-state index contributed by atoms with van der Waals surface area (Å²) in [6.07, 6.45) is 2.63. The second-order valence-corrected chi connectivity index (χ2v) is 5.98.